The van der Waals surface area contributed by atoms with Gasteiger partial charge in [-0.15, -0.1) is 0 Å². The van der Waals surface area contributed by atoms with E-state index in [1.165, 1.54) is 17.0 Å². The average molecular weight is 590 g/mol. The van der Waals surface area contributed by atoms with Crippen LogP contribution in [0.5, 0.6) is 5.75 Å². The molecule has 4 rings (SSSR count). The number of allylic oxidation sites excluding steroid dienone is 1. The zero-order chi connectivity index (χ0) is 30.7. The molecule has 1 aromatic heterocycles. The minimum absolute atomic E-state index is 0.141. The first-order valence-corrected chi connectivity index (χ1v) is 14.3. The molecule has 3 aromatic rings. The van der Waals surface area contributed by atoms with Gasteiger partial charge in [-0.05, 0) is 109 Å². The number of nitrogens with zero attached hydrogens (tertiary/aromatic N) is 2. The average Bonchev–Trinajstić information content (AvgIpc) is 3.20. The van der Waals surface area contributed by atoms with Crippen molar-refractivity contribution in [2.45, 2.75) is 60.6 Å². The highest BCUT2D eigenvalue weighted by Crippen LogP contribution is 2.40. The van der Waals surface area contributed by atoms with Crippen molar-refractivity contribution in [2.75, 3.05) is 6.61 Å². The van der Waals surface area contributed by atoms with Crippen LogP contribution in [0.1, 0.15) is 63.2 Å². The summed E-state index contributed by atoms with van der Waals surface area (Å²) >= 11 is 5.71. The monoisotopic (exact) mass is 589 g/mol. The Kier molecular flexibility index (Phi) is 9.31. The summed E-state index contributed by atoms with van der Waals surface area (Å²) in [7, 11) is 0. The predicted molar refractivity (Wildman–Crippen MR) is 166 cm³/mol. The van der Waals surface area contributed by atoms with Crippen molar-refractivity contribution in [3.8, 4) is 11.4 Å². The van der Waals surface area contributed by atoms with Crippen LogP contribution in [-0.2, 0) is 14.3 Å². The summed E-state index contributed by atoms with van der Waals surface area (Å²) in [6.45, 7) is 13.1. The fourth-order valence-electron chi connectivity index (χ4n) is 5.19. The van der Waals surface area contributed by atoms with E-state index in [0.717, 1.165) is 22.6 Å². The zero-order valence-electron chi connectivity index (χ0n) is 24.9. The molecule has 0 saturated heterocycles. The Labute approximate surface area is 251 Å². The van der Waals surface area contributed by atoms with Gasteiger partial charge < -0.3 is 19.4 Å². The van der Waals surface area contributed by atoms with Gasteiger partial charge in [0.15, 0.2) is 5.11 Å². The summed E-state index contributed by atoms with van der Waals surface area (Å²) in [6.07, 6.45) is 1.66. The first kappa shape index (κ1) is 30.7. The molecule has 42 heavy (non-hydrogen) atoms. The Morgan fingerprint density at radius 1 is 1.10 bits per heavy atom. The van der Waals surface area contributed by atoms with Crippen molar-refractivity contribution >= 4 is 35.3 Å². The van der Waals surface area contributed by atoms with Gasteiger partial charge in [-0.25, -0.2) is 9.18 Å². The zero-order valence-corrected chi connectivity index (χ0v) is 25.8. The van der Waals surface area contributed by atoms with Gasteiger partial charge in [0.25, 0.3) is 5.91 Å². The van der Waals surface area contributed by atoms with Gasteiger partial charge in [0.05, 0.1) is 18.3 Å². The molecule has 2 aromatic carbocycles. The molecule has 1 amide bonds. The smallest absolute Gasteiger partial charge is 0.338 e. The molecule has 9 heteroatoms. The molecule has 0 radical (unpaired) electrons. The molecule has 0 fully saturated rings. The number of esters is 1. The number of benzene rings is 2. The second-order valence-electron chi connectivity index (χ2n) is 10.4. The van der Waals surface area contributed by atoms with E-state index >= 15 is 0 Å². The van der Waals surface area contributed by atoms with Crippen LogP contribution in [0.3, 0.4) is 0 Å². The van der Waals surface area contributed by atoms with Gasteiger partial charge in [0.2, 0.25) is 0 Å². The number of para-hydroxylation sites is 1. The number of thiocarbonyl (C=S) groups is 1. The highest BCUT2D eigenvalue weighted by Gasteiger charge is 2.41. The molecule has 1 atom stereocenters. The number of halogens is 1. The number of ether oxygens (including phenoxy) is 2. The molecule has 1 aliphatic heterocycles. The quantitative estimate of drug-likeness (QED) is 0.179. The van der Waals surface area contributed by atoms with Gasteiger partial charge in [-0.1, -0.05) is 18.2 Å². The number of hydrogen-bond acceptors (Lipinski definition) is 5. The second-order valence-corrected chi connectivity index (χ2v) is 10.8. The Bertz CT molecular complexity index is 1590. The lowest BCUT2D eigenvalue weighted by Gasteiger charge is -2.39. The lowest BCUT2D eigenvalue weighted by molar-refractivity contribution is -0.139. The van der Waals surface area contributed by atoms with Crippen LogP contribution in [0.4, 0.5) is 4.39 Å². The predicted octanol–water partition coefficient (Wildman–Crippen LogP) is 6.72. The van der Waals surface area contributed by atoms with E-state index in [0.29, 0.717) is 22.6 Å². The van der Waals surface area contributed by atoms with E-state index in [1.807, 2.05) is 62.6 Å². The minimum Gasteiger partial charge on any atom is -0.491 e. The standard InChI is InChI=1S/C33H36FN3O4S/c1-8-40-32(39)29-22(6)35-33(42)37(30(29)27-11-9-10-12-28(27)41-19(2)3)31(38)20(4)17-24-18-21(5)36(23(24)7)26-15-13-25(34)14-16-26/h9-19,30H,8H2,1-7H3,(H,35,42)/b20-17+. The van der Waals surface area contributed by atoms with Gasteiger partial charge in [0, 0.05) is 33.9 Å². The van der Waals surface area contributed by atoms with Crippen molar-refractivity contribution in [1.82, 2.24) is 14.8 Å². The van der Waals surface area contributed by atoms with Gasteiger partial charge in [0.1, 0.15) is 17.6 Å². The third-order valence-corrected chi connectivity index (χ3v) is 7.30. The summed E-state index contributed by atoms with van der Waals surface area (Å²) in [6, 6.07) is 14.7. The maximum Gasteiger partial charge on any atom is 0.338 e. The number of hydrogen-bond donors (Lipinski definition) is 1. The highest BCUT2D eigenvalue weighted by molar-refractivity contribution is 7.80. The molecular formula is C33H36FN3O4S. The molecule has 1 unspecified atom stereocenters. The molecule has 0 aliphatic carbocycles. The van der Waals surface area contributed by atoms with Crippen molar-refractivity contribution < 1.29 is 23.5 Å². The summed E-state index contributed by atoms with van der Waals surface area (Å²) in [5, 5.41) is 3.21. The van der Waals surface area contributed by atoms with Gasteiger partial charge in [-0.2, -0.15) is 0 Å². The van der Waals surface area contributed by atoms with E-state index in [9.17, 15) is 14.0 Å². The maximum absolute atomic E-state index is 14.2. The fourth-order valence-corrected chi connectivity index (χ4v) is 5.53. The van der Waals surface area contributed by atoms with Crippen LogP contribution in [0.2, 0.25) is 0 Å². The highest BCUT2D eigenvalue weighted by atomic mass is 32.1. The number of amides is 1. The van der Waals surface area contributed by atoms with E-state index in [2.05, 4.69) is 5.32 Å². The molecule has 220 valence electrons. The summed E-state index contributed by atoms with van der Waals surface area (Å²) in [5.41, 5.74) is 5.29. The Balaban J connectivity index is 1.82. The minimum atomic E-state index is -0.879. The number of carbonyl (C=O) groups excluding carboxylic acids is 2. The SMILES string of the molecule is CCOC(=O)C1=C(C)NC(=S)N(C(=O)/C(C)=C/c2cc(C)n(-c3ccc(F)cc3)c2C)C1c1ccccc1OC(C)C. The molecule has 1 N–H and O–H groups in total. The second kappa shape index (κ2) is 12.7. The molecule has 0 bridgehead atoms. The largest absolute Gasteiger partial charge is 0.491 e. The van der Waals surface area contributed by atoms with Crippen LogP contribution >= 0.6 is 12.2 Å². The van der Waals surface area contributed by atoms with Crippen LogP contribution in [-0.4, -0.2) is 39.2 Å². The first-order chi connectivity index (χ1) is 19.9. The molecule has 2 heterocycles. The Hall–Kier alpha value is -4.24. The lowest BCUT2D eigenvalue weighted by Crippen LogP contribution is -2.51. The van der Waals surface area contributed by atoms with Crippen LogP contribution in [0.15, 0.2) is 71.4 Å². The third-order valence-electron chi connectivity index (χ3n) is 7.00. The number of aryl methyl sites for hydroxylation is 1. The van der Waals surface area contributed by atoms with Crippen molar-refractivity contribution in [3.05, 3.63) is 99.8 Å². The number of aromatic nitrogens is 1. The Morgan fingerprint density at radius 2 is 1.76 bits per heavy atom. The summed E-state index contributed by atoms with van der Waals surface area (Å²) in [4.78, 5) is 29.0. The van der Waals surface area contributed by atoms with E-state index < -0.39 is 12.0 Å². The topological polar surface area (TPSA) is 72.8 Å². The normalized spacial score (nSPS) is 15.6. The first-order valence-electron chi connectivity index (χ1n) is 13.9. The van der Waals surface area contributed by atoms with E-state index in [-0.39, 0.29) is 35.1 Å². The van der Waals surface area contributed by atoms with Crippen molar-refractivity contribution in [2.24, 2.45) is 0 Å². The third kappa shape index (κ3) is 6.16. The molecule has 0 spiro atoms. The van der Waals surface area contributed by atoms with Gasteiger partial charge >= 0.3 is 5.97 Å². The summed E-state index contributed by atoms with van der Waals surface area (Å²) < 4.78 is 27.1. The van der Waals surface area contributed by atoms with Crippen molar-refractivity contribution in [3.63, 3.8) is 0 Å². The van der Waals surface area contributed by atoms with Crippen LogP contribution in [0.25, 0.3) is 11.8 Å². The Morgan fingerprint density at radius 3 is 2.40 bits per heavy atom. The summed E-state index contributed by atoms with van der Waals surface area (Å²) in [5.74, 6) is -0.691. The fraction of sp³-hybridized carbons (Fsp3) is 0.303. The molecule has 0 saturated carbocycles. The molecule has 7 nitrogen and oxygen atoms in total. The van der Waals surface area contributed by atoms with Crippen LogP contribution < -0.4 is 10.1 Å². The molecular weight excluding hydrogens is 553 g/mol. The van der Waals surface area contributed by atoms with Gasteiger partial charge in [-0.3, -0.25) is 9.69 Å². The molecule has 1 aliphatic rings. The number of nitrogens with one attached hydrogen (secondary N) is 1. The van der Waals surface area contributed by atoms with E-state index in [4.69, 9.17) is 21.7 Å². The van der Waals surface area contributed by atoms with Crippen LogP contribution in [0, 0.1) is 19.7 Å². The maximum atomic E-state index is 14.2. The van der Waals surface area contributed by atoms with E-state index in [1.54, 1.807) is 39.0 Å². The number of carbonyl (C=O) groups is 2. The number of rotatable bonds is 8. The van der Waals surface area contributed by atoms with Crippen molar-refractivity contribution in [1.29, 1.82) is 0 Å². The lowest BCUT2D eigenvalue weighted by atomic mass is 9.92.